The first-order valence-electron chi connectivity index (χ1n) is 6.26. The largest absolute Gasteiger partial charge is 0.307 e. The third-order valence-electron chi connectivity index (χ3n) is 3.00. The minimum absolute atomic E-state index is 0.203. The first kappa shape index (κ1) is 13.1. The van der Waals surface area contributed by atoms with Gasteiger partial charge >= 0.3 is 0 Å². The summed E-state index contributed by atoms with van der Waals surface area (Å²) in [5.41, 5.74) is 3.75. The van der Waals surface area contributed by atoms with Gasteiger partial charge in [-0.1, -0.05) is 60.5 Å². The van der Waals surface area contributed by atoms with Crippen molar-refractivity contribution in [2.75, 3.05) is 6.54 Å². The normalized spacial score (nSPS) is 12.4. The summed E-state index contributed by atoms with van der Waals surface area (Å²) in [5.74, 6) is 0. The zero-order chi connectivity index (χ0) is 13.0. The predicted molar refractivity (Wildman–Crippen MR) is 78.2 cm³/mol. The molecule has 0 aromatic heterocycles. The second-order valence-electron chi connectivity index (χ2n) is 4.46. The van der Waals surface area contributed by atoms with Crippen molar-refractivity contribution in [1.82, 2.24) is 5.32 Å². The van der Waals surface area contributed by atoms with E-state index in [9.17, 15) is 0 Å². The number of halogens is 1. The van der Waals surface area contributed by atoms with Crippen LogP contribution in [0.4, 0.5) is 0 Å². The Bertz CT molecular complexity index is 505. The molecular weight excluding hydrogens is 242 g/mol. The van der Waals surface area contributed by atoms with E-state index in [1.54, 1.807) is 0 Å². The standard InChI is InChI=1S/C16H18ClN/c1-3-18-16(13-9-7-12(2)8-10-13)14-5-4-6-15(17)11-14/h4-11,16,18H,3H2,1-2H3. The van der Waals surface area contributed by atoms with E-state index in [0.29, 0.717) is 0 Å². The maximum absolute atomic E-state index is 6.07. The van der Waals surface area contributed by atoms with Crippen LogP contribution in [-0.4, -0.2) is 6.54 Å². The predicted octanol–water partition coefficient (Wildman–Crippen LogP) is 4.35. The summed E-state index contributed by atoms with van der Waals surface area (Å²) < 4.78 is 0. The molecule has 1 atom stereocenters. The zero-order valence-corrected chi connectivity index (χ0v) is 11.5. The monoisotopic (exact) mass is 259 g/mol. The molecule has 0 bridgehead atoms. The third kappa shape index (κ3) is 3.12. The molecule has 1 unspecified atom stereocenters. The molecule has 0 spiro atoms. The minimum Gasteiger partial charge on any atom is -0.307 e. The molecule has 0 heterocycles. The molecule has 94 valence electrons. The summed E-state index contributed by atoms with van der Waals surface area (Å²) >= 11 is 6.07. The van der Waals surface area contributed by atoms with Gasteiger partial charge in [0.15, 0.2) is 0 Å². The zero-order valence-electron chi connectivity index (χ0n) is 10.8. The molecule has 18 heavy (non-hydrogen) atoms. The lowest BCUT2D eigenvalue weighted by atomic mass is 9.98. The van der Waals surface area contributed by atoms with Gasteiger partial charge in [-0.05, 0) is 36.7 Å². The molecule has 2 aromatic rings. The van der Waals surface area contributed by atoms with Crippen molar-refractivity contribution in [3.63, 3.8) is 0 Å². The van der Waals surface area contributed by atoms with Gasteiger partial charge in [-0.15, -0.1) is 0 Å². The van der Waals surface area contributed by atoms with E-state index in [4.69, 9.17) is 11.6 Å². The van der Waals surface area contributed by atoms with Gasteiger partial charge in [0.05, 0.1) is 6.04 Å². The smallest absolute Gasteiger partial charge is 0.0577 e. The molecule has 1 nitrogen and oxygen atoms in total. The van der Waals surface area contributed by atoms with E-state index in [0.717, 1.165) is 11.6 Å². The number of rotatable bonds is 4. The van der Waals surface area contributed by atoms with E-state index in [1.807, 2.05) is 18.2 Å². The summed E-state index contributed by atoms with van der Waals surface area (Å²) in [4.78, 5) is 0. The second kappa shape index (κ2) is 6.03. The maximum atomic E-state index is 6.07. The Morgan fingerprint density at radius 1 is 1.06 bits per heavy atom. The Balaban J connectivity index is 2.36. The molecule has 1 N–H and O–H groups in total. The van der Waals surface area contributed by atoms with E-state index in [2.05, 4.69) is 49.5 Å². The van der Waals surface area contributed by atoms with Crippen LogP contribution in [0, 0.1) is 6.92 Å². The number of hydrogen-bond donors (Lipinski definition) is 1. The summed E-state index contributed by atoms with van der Waals surface area (Å²) in [6, 6.07) is 16.9. The van der Waals surface area contributed by atoms with E-state index in [1.165, 1.54) is 16.7 Å². The molecule has 0 aliphatic heterocycles. The lowest BCUT2D eigenvalue weighted by Gasteiger charge is -2.19. The van der Waals surface area contributed by atoms with Crippen LogP contribution in [0.15, 0.2) is 48.5 Å². The average molecular weight is 260 g/mol. The van der Waals surface area contributed by atoms with Crippen molar-refractivity contribution in [3.05, 3.63) is 70.2 Å². The molecule has 0 saturated carbocycles. The molecule has 2 heteroatoms. The lowest BCUT2D eigenvalue weighted by molar-refractivity contribution is 0.630. The lowest BCUT2D eigenvalue weighted by Crippen LogP contribution is -2.21. The van der Waals surface area contributed by atoms with Crippen molar-refractivity contribution >= 4 is 11.6 Å². The molecule has 0 aliphatic rings. The number of nitrogens with one attached hydrogen (secondary N) is 1. The van der Waals surface area contributed by atoms with Crippen LogP contribution in [0.5, 0.6) is 0 Å². The van der Waals surface area contributed by atoms with Crippen LogP contribution in [0.2, 0.25) is 5.02 Å². The summed E-state index contributed by atoms with van der Waals surface area (Å²) in [5, 5.41) is 4.28. The van der Waals surface area contributed by atoms with E-state index < -0.39 is 0 Å². The van der Waals surface area contributed by atoms with Gasteiger partial charge in [0, 0.05) is 5.02 Å². The Hall–Kier alpha value is -1.31. The van der Waals surface area contributed by atoms with Gasteiger partial charge in [0.1, 0.15) is 0 Å². The summed E-state index contributed by atoms with van der Waals surface area (Å²) in [6.07, 6.45) is 0. The Kier molecular flexibility index (Phi) is 4.40. The van der Waals surface area contributed by atoms with Crippen LogP contribution < -0.4 is 5.32 Å². The van der Waals surface area contributed by atoms with Gasteiger partial charge < -0.3 is 5.32 Å². The number of benzene rings is 2. The van der Waals surface area contributed by atoms with Crippen LogP contribution in [0.1, 0.15) is 29.7 Å². The Labute approximate surface area is 114 Å². The van der Waals surface area contributed by atoms with Crippen LogP contribution >= 0.6 is 11.6 Å². The Morgan fingerprint density at radius 2 is 1.78 bits per heavy atom. The van der Waals surface area contributed by atoms with Crippen LogP contribution in [0.3, 0.4) is 0 Å². The molecule has 0 fully saturated rings. The van der Waals surface area contributed by atoms with Gasteiger partial charge in [-0.3, -0.25) is 0 Å². The molecule has 0 radical (unpaired) electrons. The van der Waals surface area contributed by atoms with Gasteiger partial charge in [-0.2, -0.15) is 0 Å². The fraction of sp³-hybridized carbons (Fsp3) is 0.250. The number of hydrogen-bond acceptors (Lipinski definition) is 1. The fourth-order valence-electron chi connectivity index (χ4n) is 2.08. The maximum Gasteiger partial charge on any atom is 0.0577 e. The first-order valence-corrected chi connectivity index (χ1v) is 6.64. The van der Waals surface area contributed by atoms with Crippen molar-refractivity contribution < 1.29 is 0 Å². The van der Waals surface area contributed by atoms with E-state index >= 15 is 0 Å². The molecule has 0 aliphatic carbocycles. The fourth-order valence-corrected chi connectivity index (χ4v) is 2.28. The molecule has 2 rings (SSSR count). The van der Waals surface area contributed by atoms with Crippen molar-refractivity contribution in [2.45, 2.75) is 19.9 Å². The average Bonchev–Trinajstić information content (AvgIpc) is 2.37. The van der Waals surface area contributed by atoms with Crippen molar-refractivity contribution in [1.29, 1.82) is 0 Å². The highest BCUT2D eigenvalue weighted by Crippen LogP contribution is 2.24. The van der Waals surface area contributed by atoms with Crippen molar-refractivity contribution in [3.8, 4) is 0 Å². The highest BCUT2D eigenvalue weighted by molar-refractivity contribution is 6.30. The number of aryl methyl sites for hydroxylation is 1. The Morgan fingerprint density at radius 3 is 2.39 bits per heavy atom. The minimum atomic E-state index is 0.203. The van der Waals surface area contributed by atoms with Crippen molar-refractivity contribution in [2.24, 2.45) is 0 Å². The highest BCUT2D eigenvalue weighted by atomic mass is 35.5. The summed E-state index contributed by atoms with van der Waals surface area (Å²) in [7, 11) is 0. The first-order chi connectivity index (χ1) is 8.70. The molecule has 0 saturated heterocycles. The molecule has 2 aromatic carbocycles. The molecule has 0 amide bonds. The van der Waals surface area contributed by atoms with E-state index in [-0.39, 0.29) is 6.04 Å². The molecular formula is C16H18ClN. The quantitative estimate of drug-likeness (QED) is 0.861. The highest BCUT2D eigenvalue weighted by Gasteiger charge is 2.12. The summed E-state index contributed by atoms with van der Waals surface area (Å²) in [6.45, 7) is 5.14. The van der Waals surface area contributed by atoms with Crippen LogP contribution in [0.25, 0.3) is 0 Å². The third-order valence-corrected chi connectivity index (χ3v) is 3.24. The van der Waals surface area contributed by atoms with Gasteiger partial charge in [0.2, 0.25) is 0 Å². The van der Waals surface area contributed by atoms with Crippen LogP contribution in [-0.2, 0) is 0 Å². The topological polar surface area (TPSA) is 12.0 Å². The van der Waals surface area contributed by atoms with Gasteiger partial charge in [0.25, 0.3) is 0 Å². The SMILES string of the molecule is CCNC(c1ccc(C)cc1)c1cccc(Cl)c1. The second-order valence-corrected chi connectivity index (χ2v) is 4.89. The van der Waals surface area contributed by atoms with Gasteiger partial charge in [-0.25, -0.2) is 0 Å².